The van der Waals surface area contributed by atoms with Gasteiger partial charge in [0, 0.05) is 37.1 Å². The SMILES string of the molecule is CCN(Cc1ccccc1Cl)C(=O)C1CCN(S(=O)(=O)c2c(C)cc(C)cc2C)CC1. The van der Waals surface area contributed by atoms with E-state index in [2.05, 4.69) is 0 Å². The van der Waals surface area contributed by atoms with Crippen LogP contribution in [0.4, 0.5) is 0 Å². The van der Waals surface area contributed by atoms with Gasteiger partial charge in [-0.25, -0.2) is 8.42 Å². The van der Waals surface area contributed by atoms with Crippen LogP contribution in [0.2, 0.25) is 5.02 Å². The Morgan fingerprint density at radius 1 is 1.10 bits per heavy atom. The molecular formula is C24H31ClN2O3S. The van der Waals surface area contributed by atoms with E-state index in [4.69, 9.17) is 11.6 Å². The molecular weight excluding hydrogens is 432 g/mol. The Labute approximate surface area is 191 Å². The van der Waals surface area contributed by atoms with Gasteiger partial charge in [-0.05, 0) is 63.3 Å². The molecule has 1 heterocycles. The predicted molar refractivity (Wildman–Crippen MR) is 125 cm³/mol. The van der Waals surface area contributed by atoms with Crippen LogP contribution in [0.25, 0.3) is 0 Å². The number of carbonyl (C=O) groups is 1. The largest absolute Gasteiger partial charge is 0.338 e. The number of piperidine rings is 1. The molecule has 0 saturated carbocycles. The Morgan fingerprint density at radius 2 is 1.68 bits per heavy atom. The van der Waals surface area contributed by atoms with Gasteiger partial charge in [0.15, 0.2) is 0 Å². The summed E-state index contributed by atoms with van der Waals surface area (Å²) in [4.78, 5) is 15.3. The zero-order valence-electron chi connectivity index (χ0n) is 18.7. The lowest BCUT2D eigenvalue weighted by atomic mass is 9.96. The van der Waals surface area contributed by atoms with Crippen LogP contribution in [-0.4, -0.2) is 43.2 Å². The van der Waals surface area contributed by atoms with Crippen molar-refractivity contribution in [2.45, 2.75) is 52.0 Å². The van der Waals surface area contributed by atoms with E-state index in [0.29, 0.717) is 48.9 Å². The highest BCUT2D eigenvalue weighted by Crippen LogP contribution is 2.30. The minimum Gasteiger partial charge on any atom is -0.338 e. The summed E-state index contributed by atoms with van der Waals surface area (Å²) in [7, 11) is -3.58. The number of benzene rings is 2. The number of halogens is 1. The molecule has 0 radical (unpaired) electrons. The van der Waals surface area contributed by atoms with Crippen molar-refractivity contribution in [3.63, 3.8) is 0 Å². The van der Waals surface area contributed by atoms with Gasteiger partial charge in [0.05, 0.1) is 4.90 Å². The molecule has 1 saturated heterocycles. The third-order valence-corrected chi connectivity index (χ3v) is 8.59. The normalized spacial score (nSPS) is 15.8. The first kappa shape index (κ1) is 23.8. The molecule has 3 rings (SSSR count). The average molecular weight is 463 g/mol. The minimum atomic E-state index is -3.58. The molecule has 0 aromatic heterocycles. The number of sulfonamides is 1. The van der Waals surface area contributed by atoms with Crippen LogP contribution < -0.4 is 0 Å². The van der Waals surface area contributed by atoms with Crippen LogP contribution in [0, 0.1) is 26.7 Å². The van der Waals surface area contributed by atoms with Gasteiger partial charge in [-0.2, -0.15) is 4.31 Å². The maximum absolute atomic E-state index is 13.3. The summed E-state index contributed by atoms with van der Waals surface area (Å²) in [6, 6.07) is 11.4. The molecule has 5 nitrogen and oxygen atoms in total. The van der Waals surface area contributed by atoms with E-state index in [9.17, 15) is 13.2 Å². The summed E-state index contributed by atoms with van der Waals surface area (Å²) in [5, 5.41) is 0.651. The lowest BCUT2D eigenvalue weighted by Crippen LogP contribution is -2.44. The molecule has 1 aliphatic rings. The first-order chi connectivity index (χ1) is 14.6. The third-order valence-electron chi connectivity index (χ3n) is 6.02. The molecule has 2 aromatic rings. The van der Waals surface area contributed by atoms with Crippen LogP contribution >= 0.6 is 11.6 Å². The van der Waals surface area contributed by atoms with Crippen molar-refractivity contribution >= 4 is 27.5 Å². The molecule has 0 atom stereocenters. The van der Waals surface area contributed by atoms with Crippen LogP contribution in [0.5, 0.6) is 0 Å². The van der Waals surface area contributed by atoms with Crippen molar-refractivity contribution in [3.8, 4) is 0 Å². The summed E-state index contributed by atoms with van der Waals surface area (Å²) < 4.78 is 28.1. The van der Waals surface area contributed by atoms with Gasteiger partial charge in [-0.3, -0.25) is 4.79 Å². The van der Waals surface area contributed by atoms with Gasteiger partial charge in [0.2, 0.25) is 15.9 Å². The maximum Gasteiger partial charge on any atom is 0.243 e. The quantitative estimate of drug-likeness (QED) is 0.624. The summed E-state index contributed by atoms with van der Waals surface area (Å²) in [6.07, 6.45) is 1.06. The molecule has 1 amide bonds. The van der Waals surface area contributed by atoms with Crippen molar-refractivity contribution in [3.05, 3.63) is 63.7 Å². The number of carbonyl (C=O) groups excluding carboxylic acids is 1. The third kappa shape index (κ3) is 5.13. The molecule has 168 valence electrons. The van der Waals surface area contributed by atoms with Crippen LogP contribution in [0.3, 0.4) is 0 Å². The molecule has 1 fully saturated rings. The summed E-state index contributed by atoms with van der Waals surface area (Å²) in [6.45, 7) is 9.38. The highest BCUT2D eigenvalue weighted by molar-refractivity contribution is 7.89. The second-order valence-electron chi connectivity index (χ2n) is 8.35. The smallest absolute Gasteiger partial charge is 0.243 e. The molecule has 7 heteroatoms. The van der Waals surface area contributed by atoms with Gasteiger partial charge in [0.25, 0.3) is 0 Å². The summed E-state index contributed by atoms with van der Waals surface area (Å²) in [5.41, 5.74) is 3.52. The van der Waals surface area contributed by atoms with E-state index >= 15 is 0 Å². The number of hydrogen-bond donors (Lipinski definition) is 0. The average Bonchev–Trinajstić information content (AvgIpc) is 2.72. The Bertz CT molecular complexity index is 1040. The molecule has 0 N–H and O–H groups in total. The number of rotatable bonds is 6. The zero-order valence-corrected chi connectivity index (χ0v) is 20.3. The minimum absolute atomic E-state index is 0.0714. The van der Waals surface area contributed by atoms with E-state index in [0.717, 1.165) is 22.3 Å². The monoisotopic (exact) mass is 462 g/mol. The highest BCUT2D eigenvalue weighted by atomic mass is 35.5. The van der Waals surface area contributed by atoms with E-state index < -0.39 is 10.0 Å². The molecule has 0 bridgehead atoms. The Balaban J connectivity index is 1.70. The lowest BCUT2D eigenvalue weighted by molar-refractivity contribution is -0.137. The summed E-state index contributed by atoms with van der Waals surface area (Å²) in [5.74, 6) is -0.101. The van der Waals surface area contributed by atoms with E-state index in [1.165, 1.54) is 4.31 Å². The number of nitrogens with zero attached hydrogens (tertiary/aromatic N) is 2. The van der Waals surface area contributed by atoms with Gasteiger partial charge >= 0.3 is 0 Å². The molecule has 2 aromatic carbocycles. The predicted octanol–water partition coefficient (Wildman–Crippen LogP) is 4.71. The van der Waals surface area contributed by atoms with Crippen LogP contribution in [0.1, 0.15) is 42.0 Å². The summed E-state index contributed by atoms with van der Waals surface area (Å²) >= 11 is 6.27. The second-order valence-corrected chi connectivity index (χ2v) is 10.6. The standard InChI is InChI=1S/C24H31ClN2O3S/c1-5-26(16-21-8-6-7-9-22(21)25)24(28)20-10-12-27(13-11-20)31(29,30)23-18(3)14-17(2)15-19(23)4/h6-9,14-15,20H,5,10-13,16H2,1-4H3. The van der Waals surface area contributed by atoms with E-state index in [1.807, 2.05) is 69.0 Å². The Morgan fingerprint density at radius 3 is 2.23 bits per heavy atom. The molecule has 0 unspecified atom stereocenters. The number of amides is 1. The van der Waals surface area contributed by atoms with Gasteiger partial charge in [-0.15, -0.1) is 0 Å². The van der Waals surface area contributed by atoms with Crippen molar-refractivity contribution in [2.75, 3.05) is 19.6 Å². The van der Waals surface area contributed by atoms with Gasteiger partial charge in [0.1, 0.15) is 0 Å². The van der Waals surface area contributed by atoms with E-state index in [-0.39, 0.29) is 11.8 Å². The van der Waals surface area contributed by atoms with Crippen molar-refractivity contribution in [1.29, 1.82) is 0 Å². The van der Waals surface area contributed by atoms with Gasteiger partial charge < -0.3 is 4.90 Å². The fourth-order valence-corrected chi connectivity index (χ4v) is 6.56. The first-order valence-electron chi connectivity index (χ1n) is 10.7. The zero-order chi connectivity index (χ0) is 22.8. The topological polar surface area (TPSA) is 57.7 Å². The van der Waals surface area contributed by atoms with Gasteiger partial charge in [-0.1, -0.05) is 47.5 Å². The second kappa shape index (κ2) is 9.72. The van der Waals surface area contributed by atoms with Crippen molar-refractivity contribution in [2.24, 2.45) is 5.92 Å². The Kier molecular flexibility index (Phi) is 7.45. The number of hydrogen-bond acceptors (Lipinski definition) is 3. The fraction of sp³-hybridized carbons (Fsp3) is 0.458. The fourth-order valence-electron chi connectivity index (χ4n) is 4.48. The molecule has 0 aliphatic carbocycles. The van der Waals surface area contributed by atoms with Crippen LogP contribution in [0.15, 0.2) is 41.3 Å². The molecule has 0 spiro atoms. The van der Waals surface area contributed by atoms with Crippen molar-refractivity contribution < 1.29 is 13.2 Å². The lowest BCUT2D eigenvalue weighted by Gasteiger charge is -2.34. The Hall–Kier alpha value is -1.89. The highest BCUT2D eigenvalue weighted by Gasteiger charge is 2.35. The van der Waals surface area contributed by atoms with Crippen molar-refractivity contribution in [1.82, 2.24) is 9.21 Å². The molecule has 31 heavy (non-hydrogen) atoms. The van der Waals surface area contributed by atoms with E-state index in [1.54, 1.807) is 0 Å². The van der Waals surface area contributed by atoms with Crippen LogP contribution in [-0.2, 0) is 21.4 Å². The maximum atomic E-state index is 13.3. The molecule has 1 aliphatic heterocycles. The number of aryl methyl sites for hydroxylation is 3. The first-order valence-corrected chi connectivity index (χ1v) is 12.6.